The van der Waals surface area contributed by atoms with Crippen LogP contribution in [-0.2, 0) is 4.79 Å². The Labute approximate surface area is 140 Å². The zero-order valence-electron chi connectivity index (χ0n) is 13.7. The summed E-state index contributed by atoms with van der Waals surface area (Å²) in [6.07, 6.45) is 0. The van der Waals surface area contributed by atoms with Gasteiger partial charge in [0.05, 0.1) is 7.11 Å². The Kier molecular flexibility index (Phi) is 5.08. The number of methoxy groups -OCH3 is 1. The van der Waals surface area contributed by atoms with E-state index in [0.29, 0.717) is 22.7 Å². The smallest absolute Gasteiger partial charge is 0.347 e. The van der Waals surface area contributed by atoms with Crippen molar-refractivity contribution in [3.8, 4) is 11.5 Å². The van der Waals surface area contributed by atoms with Crippen LogP contribution >= 0.6 is 0 Å². The van der Waals surface area contributed by atoms with Crippen LogP contribution in [0.25, 0.3) is 0 Å². The second kappa shape index (κ2) is 7.04. The fraction of sp³-hybridized carbons (Fsp3) is 0.222. The first-order valence-corrected chi connectivity index (χ1v) is 7.30. The summed E-state index contributed by atoms with van der Waals surface area (Å²) in [7, 11) is 1.57. The highest BCUT2D eigenvalue weighted by atomic mass is 16.5. The normalized spacial score (nSPS) is 10.8. The average molecular weight is 329 g/mol. The van der Waals surface area contributed by atoms with Crippen molar-refractivity contribution < 1.29 is 24.2 Å². The minimum absolute atomic E-state index is 0.274. The number of ether oxygens (including phenoxy) is 2. The van der Waals surface area contributed by atoms with Crippen molar-refractivity contribution in [2.45, 2.75) is 19.4 Å². The predicted molar refractivity (Wildman–Crippen MR) is 89.7 cm³/mol. The highest BCUT2D eigenvalue weighted by Gasteiger charge is 2.29. The molecule has 1 amide bonds. The molecule has 0 aliphatic rings. The van der Waals surface area contributed by atoms with Crippen LogP contribution in [-0.4, -0.2) is 29.7 Å². The lowest BCUT2D eigenvalue weighted by molar-refractivity contribution is -0.152. The highest BCUT2D eigenvalue weighted by molar-refractivity contribution is 6.04. The summed E-state index contributed by atoms with van der Waals surface area (Å²) in [4.78, 5) is 23.2. The molecule has 0 radical (unpaired) electrons. The Bertz CT molecular complexity index is 720. The van der Waals surface area contributed by atoms with Gasteiger partial charge in [0, 0.05) is 11.3 Å². The number of rotatable bonds is 6. The van der Waals surface area contributed by atoms with E-state index in [1.165, 1.54) is 13.8 Å². The zero-order valence-corrected chi connectivity index (χ0v) is 13.7. The highest BCUT2D eigenvalue weighted by Crippen LogP contribution is 2.20. The molecule has 2 aromatic rings. The van der Waals surface area contributed by atoms with E-state index >= 15 is 0 Å². The molecule has 2 aromatic carbocycles. The number of amides is 1. The number of anilines is 1. The zero-order chi connectivity index (χ0) is 17.7. The van der Waals surface area contributed by atoms with Crippen molar-refractivity contribution in [1.82, 2.24) is 0 Å². The molecule has 6 nitrogen and oxygen atoms in total. The molecule has 2 N–H and O–H groups in total. The van der Waals surface area contributed by atoms with Gasteiger partial charge in [-0.3, -0.25) is 4.79 Å². The van der Waals surface area contributed by atoms with Gasteiger partial charge in [-0.1, -0.05) is 0 Å². The van der Waals surface area contributed by atoms with E-state index in [2.05, 4.69) is 5.32 Å². The fourth-order valence-corrected chi connectivity index (χ4v) is 1.89. The molecule has 0 heterocycles. The standard InChI is InChI=1S/C18H19NO5/c1-18(2,17(21)22)24-15-8-4-12(5-9-15)16(20)19-13-6-10-14(23-3)11-7-13/h4-11H,1-3H3,(H,19,20)(H,21,22). The van der Waals surface area contributed by atoms with Crippen molar-refractivity contribution >= 4 is 17.6 Å². The van der Waals surface area contributed by atoms with Gasteiger partial charge in [0.1, 0.15) is 11.5 Å². The van der Waals surface area contributed by atoms with Crippen molar-refractivity contribution in [1.29, 1.82) is 0 Å². The van der Waals surface area contributed by atoms with Gasteiger partial charge in [-0.15, -0.1) is 0 Å². The average Bonchev–Trinajstić information content (AvgIpc) is 2.55. The Morgan fingerprint density at radius 1 is 0.958 bits per heavy atom. The van der Waals surface area contributed by atoms with Gasteiger partial charge in [0.25, 0.3) is 5.91 Å². The van der Waals surface area contributed by atoms with Crippen molar-refractivity contribution in [2.24, 2.45) is 0 Å². The van der Waals surface area contributed by atoms with Gasteiger partial charge in [-0.2, -0.15) is 0 Å². The quantitative estimate of drug-likeness (QED) is 0.850. The lowest BCUT2D eigenvalue weighted by atomic mass is 10.1. The minimum Gasteiger partial charge on any atom is -0.497 e. The van der Waals surface area contributed by atoms with Crippen LogP contribution in [0.1, 0.15) is 24.2 Å². The second-order valence-corrected chi connectivity index (χ2v) is 5.62. The van der Waals surface area contributed by atoms with Crippen LogP contribution in [0.2, 0.25) is 0 Å². The summed E-state index contributed by atoms with van der Waals surface area (Å²) >= 11 is 0. The van der Waals surface area contributed by atoms with Crippen molar-refractivity contribution in [3.05, 3.63) is 54.1 Å². The van der Waals surface area contributed by atoms with E-state index in [0.717, 1.165) is 0 Å². The Balaban J connectivity index is 2.04. The number of aliphatic carboxylic acids is 1. The molecule has 126 valence electrons. The number of hydrogen-bond acceptors (Lipinski definition) is 4. The van der Waals surface area contributed by atoms with Gasteiger partial charge in [0.2, 0.25) is 0 Å². The van der Waals surface area contributed by atoms with E-state index < -0.39 is 11.6 Å². The van der Waals surface area contributed by atoms with Crippen LogP contribution in [0, 0.1) is 0 Å². The fourth-order valence-electron chi connectivity index (χ4n) is 1.89. The third-order valence-electron chi connectivity index (χ3n) is 3.35. The predicted octanol–water partition coefficient (Wildman–Crippen LogP) is 3.19. The lowest BCUT2D eigenvalue weighted by Crippen LogP contribution is -2.37. The summed E-state index contributed by atoms with van der Waals surface area (Å²) in [6.45, 7) is 2.92. The minimum atomic E-state index is -1.34. The number of carboxylic acid groups (broad SMARTS) is 1. The first-order chi connectivity index (χ1) is 11.3. The van der Waals surface area contributed by atoms with Gasteiger partial charge in [0.15, 0.2) is 5.60 Å². The van der Waals surface area contributed by atoms with Crippen LogP contribution < -0.4 is 14.8 Å². The summed E-state index contributed by atoms with van der Waals surface area (Å²) in [5.74, 6) is -0.257. The molecule has 0 aliphatic heterocycles. The molecular weight excluding hydrogens is 310 g/mol. The maximum Gasteiger partial charge on any atom is 0.347 e. The first-order valence-electron chi connectivity index (χ1n) is 7.30. The maximum atomic E-state index is 12.2. The topological polar surface area (TPSA) is 84.9 Å². The summed E-state index contributed by atoms with van der Waals surface area (Å²) in [5, 5.41) is 11.8. The largest absolute Gasteiger partial charge is 0.497 e. The Morgan fingerprint density at radius 2 is 1.50 bits per heavy atom. The van der Waals surface area contributed by atoms with E-state index in [1.807, 2.05) is 0 Å². The summed E-state index contributed by atoms with van der Waals surface area (Å²) in [6, 6.07) is 13.3. The van der Waals surface area contributed by atoms with Crippen molar-refractivity contribution in [3.63, 3.8) is 0 Å². The van der Waals surface area contributed by atoms with Crippen molar-refractivity contribution in [2.75, 3.05) is 12.4 Å². The van der Waals surface area contributed by atoms with Crippen LogP contribution in [0.5, 0.6) is 11.5 Å². The number of benzene rings is 2. The molecule has 0 aromatic heterocycles. The molecule has 24 heavy (non-hydrogen) atoms. The van der Waals surface area contributed by atoms with Gasteiger partial charge >= 0.3 is 5.97 Å². The molecule has 0 saturated heterocycles. The third kappa shape index (κ3) is 4.25. The number of carbonyl (C=O) groups excluding carboxylic acids is 1. The first kappa shape index (κ1) is 17.3. The molecule has 0 saturated carbocycles. The molecule has 0 unspecified atom stereocenters. The van der Waals surface area contributed by atoms with Crippen LogP contribution in [0.15, 0.2) is 48.5 Å². The Morgan fingerprint density at radius 3 is 2.00 bits per heavy atom. The Hall–Kier alpha value is -3.02. The molecule has 6 heteroatoms. The van der Waals surface area contributed by atoms with E-state index in [1.54, 1.807) is 55.6 Å². The molecule has 0 atom stereocenters. The SMILES string of the molecule is COc1ccc(NC(=O)c2ccc(OC(C)(C)C(=O)O)cc2)cc1. The number of hydrogen-bond donors (Lipinski definition) is 2. The molecule has 0 bridgehead atoms. The van der Waals surface area contributed by atoms with Gasteiger partial charge in [-0.05, 0) is 62.4 Å². The van der Waals surface area contributed by atoms with Gasteiger partial charge < -0.3 is 19.9 Å². The molecule has 2 rings (SSSR count). The number of carbonyl (C=O) groups is 2. The molecule has 0 fully saturated rings. The molecular formula is C18H19NO5. The van der Waals surface area contributed by atoms with Gasteiger partial charge in [-0.25, -0.2) is 4.79 Å². The molecule has 0 aliphatic carbocycles. The summed E-state index contributed by atoms with van der Waals surface area (Å²) in [5.41, 5.74) is -0.258. The van der Waals surface area contributed by atoms with Crippen LogP contribution in [0.4, 0.5) is 5.69 Å². The maximum absolute atomic E-state index is 12.2. The van der Waals surface area contributed by atoms with Crippen LogP contribution in [0.3, 0.4) is 0 Å². The summed E-state index contributed by atoms with van der Waals surface area (Å²) < 4.78 is 10.5. The van der Waals surface area contributed by atoms with E-state index in [-0.39, 0.29) is 5.91 Å². The lowest BCUT2D eigenvalue weighted by Gasteiger charge is -2.21. The van der Waals surface area contributed by atoms with E-state index in [4.69, 9.17) is 14.6 Å². The monoisotopic (exact) mass is 329 g/mol. The van der Waals surface area contributed by atoms with E-state index in [9.17, 15) is 9.59 Å². The molecule has 0 spiro atoms. The third-order valence-corrected chi connectivity index (χ3v) is 3.35. The number of carboxylic acids is 1. The second-order valence-electron chi connectivity index (χ2n) is 5.62. The number of nitrogens with one attached hydrogen (secondary N) is 1.